The fraction of sp³-hybridized carbons (Fsp3) is 0.517. The van der Waals surface area contributed by atoms with Crippen molar-refractivity contribution < 1.29 is 18.4 Å². The molecule has 1 saturated heterocycles. The molecule has 2 fully saturated rings. The van der Waals surface area contributed by atoms with Gasteiger partial charge in [-0.05, 0) is 30.5 Å². The summed E-state index contributed by atoms with van der Waals surface area (Å²) in [5, 5.41) is 9.66. The number of carbonyl (C=O) groups excluding carboxylic acids is 2. The van der Waals surface area contributed by atoms with Crippen LogP contribution in [0.4, 0.5) is 26.2 Å². The van der Waals surface area contributed by atoms with Gasteiger partial charge in [0.15, 0.2) is 5.65 Å². The SMILES string of the molecule is CC(C)(C)C(=O)NCc1ccc(Cl)c(Nc2nc3nc(N4CCC(F)(F)C4)c(C(=O)NC4CCCCC4)cc3[nH]2)c1Cl. The van der Waals surface area contributed by atoms with Crippen LogP contribution in [0.15, 0.2) is 18.2 Å². The lowest BCUT2D eigenvalue weighted by Crippen LogP contribution is -2.37. The zero-order valence-electron chi connectivity index (χ0n) is 23.8. The summed E-state index contributed by atoms with van der Waals surface area (Å²) in [6.45, 7) is 5.22. The highest BCUT2D eigenvalue weighted by atomic mass is 35.5. The van der Waals surface area contributed by atoms with E-state index in [1.807, 2.05) is 20.8 Å². The Morgan fingerprint density at radius 2 is 1.88 bits per heavy atom. The first kappa shape index (κ1) is 30.3. The second kappa shape index (κ2) is 11.8. The lowest BCUT2D eigenvalue weighted by molar-refractivity contribution is -0.128. The number of alkyl halides is 2. The van der Waals surface area contributed by atoms with Gasteiger partial charge in [0.25, 0.3) is 11.8 Å². The first-order valence-corrected chi connectivity index (χ1v) is 14.9. The monoisotopic (exact) mass is 621 g/mol. The lowest BCUT2D eigenvalue weighted by atomic mass is 9.95. The highest BCUT2D eigenvalue weighted by molar-refractivity contribution is 6.39. The standard InChI is InChI=1S/C29H35Cl2F2N7O2/c1-28(2,3)26(42)34-14-16-9-10-19(30)22(21(16)31)37-27-36-20-13-18(25(41)35-17-7-5-4-6-8-17)24(38-23(20)39-27)40-12-11-29(32,33)15-40/h9-10,13,17H,4-8,11-12,14-15H2,1-3H3,(H,34,42)(H,35,41)(H2,36,37,38,39). The van der Waals surface area contributed by atoms with Crippen LogP contribution in [0.3, 0.4) is 0 Å². The van der Waals surface area contributed by atoms with Gasteiger partial charge in [-0.3, -0.25) is 9.59 Å². The summed E-state index contributed by atoms with van der Waals surface area (Å²) in [6, 6.07) is 5.04. The molecule has 1 aliphatic heterocycles. The number of fused-ring (bicyclic) bond motifs is 1. The normalized spacial score (nSPS) is 17.5. The number of aromatic amines is 1. The fourth-order valence-corrected chi connectivity index (χ4v) is 5.76. The molecule has 0 radical (unpaired) electrons. The number of amides is 2. The third-order valence-electron chi connectivity index (χ3n) is 7.64. The highest BCUT2D eigenvalue weighted by Gasteiger charge is 2.40. The molecule has 0 spiro atoms. The number of imidazole rings is 1. The van der Waals surface area contributed by atoms with Crippen molar-refractivity contribution in [2.24, 2.45) is 5.41 Å². The number of rotatable bonds is 7. The Kier molecular flexibility index (Phi) is 8.53. The highest BCUT2D eigenvalue weighted by Crippen LogP contribution is 2.37. The Balaban J connectivity index is 1.44. The van der Waals surface area contributed by atoms with Gasteiger partial charge in [0.05, 0.1) is 33.4 Å². The van der Waals surface area contributed by atoms with Gasteiger partial charge in [0, 0.05) is 31.0 Å². The molecule has 1 aromatic carbocycles. The van der Waals surface area contributed by atoms with Gasteiger partial charge in [0.1, 0.15) is 5.82 Å². The molecule has 0 atom stereocenters. The average Bonchev–Trinajstić information content (AvgIpc) is 3.50. The molecular weight excluding hydrogens is 587 g/mol. The van der Waals surface area contributed by atoms with Gasteiger partial charge in [-0.2, -0.15) is 4.98 Å². The minimum Gasteiger partial charge on any atom is -0.352 e. The number of carbonyl (C=O) groups is 2. The molecule has 2 aromatic heterocycles. The molecule has 1 saturated carbocycles. The molecule has 3 heterocycles. The first-order valence-electron chi connectivity index (χ1n) is 14.2. The van der Waals surface area contributed by atoms with E-state index < -0.39 is 17.9 Å². The van der Waals surface area contributed by atoms with Crippen molar-refractivity contribution in [1.29, 1.82) is 0 Å². The summed E-state index contributed by atoms with van der Waals surface area (Å²) in [7, 11) is 0. The van der Waals surface area contributed by atoms with Crippen molar-refractivity contribution in [3.05, 3.63) is 39.4 Å². The van der Waals surface area contributed by atoms with Gasteiger partial charge in [-0.1, -0.05) is 69.3 Å². The number of pyridine rings is 1. The number of H-pyrrole nitrogens is 1. The van der Waals surface area contributed by atoms with E-state index in [1.165, 1.54) is 4.90 Å². The third-order valence-corrected chi connectivity index (χ3v) is 8.39. The van der Waals surface area contributed by atoms with E-state index in [0.717, 1.165) is 32.1 Å². The van der Waals surface area contributed by atoms with Crippen LogP contribution in [0.2, 0.25) is 10.0 Å². The fourth-order valence-electron chi connectivity index (χ4n) is 5.23. The summed E-state index contributed by atoms with van der Waals surface area (Å²) < 4.78 is 28.3. The van der Waals surface area contributed by atoms with Crippen LogP contribution in [-0.2, 0) is 11.3 Å². The minimum atomic E-state index is -2.86. The predicted molar refractivity (Wildman–Crippen MR) is 161 cm³/mol. The molecule has 5 rings (SSSR count). The molecule has 226 valence electrons. The Morgan fingerprint density at radius 3 is 2.55 bits per heavy atom. The van der Waals surface area contributed by atoms with E-state index in [0.29, 0.717) is 26.8 Å². The molecular formula is C29H35Cl2F2N7O2. The quantitative estimate of drug-likeness (QED) is 0.237. The van der Waals surface area contributed by atoms with Crippen molar-refractivity contribution in [1.82, 2.24) is 25.6 Å². The number of hydrogen-bond donors (Lipinski definition) is 4. The second-order valence-electron chi connectivity index (χ2n) is 12.1. The lowest BCUT2D eigenvalue weighted by Gasteiger charge is -2.24. The van der Waals surface area contributed by atoms with Crippen molar-refractivity contribution >= 4 is 63.6 Å². The van der Waals surface area contributed by atoms with Gasteiger partial charge in [0.2, 0.25) is 11.9 Å². The Bertz CT molecular complexity index is 1500. The van der Waals surface area contributed by atoms with Crippen LogP contribution >= 0.6 is 23.2 Å². The summed E-state index contributed by atoms with van der Waals surface area (Å²) in [5.74, 6) is -2.90. The molecule has 2 aliphatic rings. The molecule has 2 amide bonds. The number of nitrogens with zero attached hydrogens (tertiary/aromatic N) is 3. The third kappa shape index (κ3) is 6.72. The molecule has 1 aliphatic carbocycles. The molecule has 4 N–H and O–H groups in total. The maximum Gasteiger partial charge on any atom is 0.266 e. The van der Waals surface area contributed by atoms with E-state index in [2.05, 4.69) is 30.9 Å². The largest absolute Gasteiger partial charge is 0.352 e. The van der Waals surface area contributed by atoms with Crippen LogP contribution in [0.25, 0.3) is 11.2 Å². The minimum absolute atomic E-state index is 0.0403. The van der Waals surface area contributed by atoms with Crippen molar-refractivity contribution in [2.75, 3.05) is 23.3 Å². The number of halogens is 4. The molecule has 13 heteroatoms. The van der Waals surface area contributed by atoms with Crippen molar-refractivity contribution in [3.8, 4) is 0 Å². The number of aromatic nitrogens is 3. The number of hydrogen-bond acceptors (Lipinski definition) is 6. The smallest absolute Gasteiger partial charge is 0.266 e. The second-order valence-corrected chi connectivity index (χ2v) is 12.9. The number of nitrogens with one attached hydrogen (secondary N) is 4. The van der Waals surface area contributed by atoms with Gasteiger partial charge in [-0.25, -0.2) is 13.8 Å². The molecule has 9 nitrogen and oxygen atoms in total. The van der Waals surface area contributed by atoms with E-state index in [-0.39, 0.29) is 60.3 Å². The van der Waals surface area contributed by atoms with Gasteiger partial charge in [-0.15, -0.1) is 0 Å². The van der Waals surface area contributed by atoms with Crippen LogP contribution in [-0.4, -0.2) is 51.8 Å². The van der Waals surface area contributed by atoms with E-state index in [1.54, 1.807) is 18.2 Å². The zero-order chi connectivity index (χ0) is 30.2. The van der Waals surface area contributed by atoms with Crippen LogP contribution in [0, 0.1) is 5.41 Å². The average molecular weight is 623 g/mol. The van der Waals surface area contributed by atoms with Crippen molar-refractivity contribution in [2.45, 2.75) is 77.8 Å². The van der Waals surface area contributed by atoms with Crippen LogP contribution < -0.4 is 20.9 Å². The van der Waals surface area contributed by atoms with E-state index >= 15 is 0 Å². The molecule has 42 heavy (non-hydrogen) atoms. The Labute approximate surface area is 253 Å². The molecule has 0 unspecified atom stereocenters. The van der Waals surface area contributed by atoms with Gasteiger partial charge < -0.3 is 25.8 Å². The topological polar surface area (TPSA) is 115 Å². The molecule has 3 aromatic rings. The Morgan fingerprint density at radius 1 is 1.14 bits per heavy atom. The predicted octanol–water partition coefficient (Wildman–Crippen LogP) is 6.58. The number of benzene rings is 1. The summed E-state index contributed by atoms with van der Waals surface area (Å²) >= 11 is 13.1. The Hall–Kier alpha value is -3.18. The van der Waals surface area contributed by atoms with Crippen LogP contribution in [0.5, 0.6) is 0 Å². The maximum absolute atomic E-state index is 14.2. The summed E-state index contributed by atoms with van der Waals surface area (Å²) in [5.41, 5.74) is 1.37. The summed E-state index contributed by atoms with van der Waals surface area (Å²) in [6.07, 6.45) is 4.68. The van der Waals surface area contributed by atoms with Crippen molar-refractivity contribution in [3.63, 3.8) is 0 Å². The maximum atomic E-state index is 14.2. The number of anilines is 3. The molecule has 0 bridgehead atoms. The zero-order valence-corrected chi connectivity index (χ0v) is 25.4. The van der Waals surface area contributed by atoms with Gasteiger partial charge >= 0.3 is 0 Å². The summed E-state index contributed by atoms with van der Waals surface area (Å²) in [4.78, 5) is 39.4. The van der Waals surface area contributed by atoms with E-state index in [4.69, 9.17) is 23.2 Å². The van der Waals surface area contributed by atoms with E-state index in [9.17, 15) is 18.4 Å². The first-order chi connectivity index (χ1) is 19.8. The van der Waals surface area contributed by atoms with Crippen LogP contribution in [0.1, 0.15) is 75.2 Å².